The maximum atomic E-state index is 14.2. The molecule has 0 spiro atoms. The van der Waals surface area contributed by atoms with E-state index in [-0.39, 0.29) is 22.3 Å². The molecule has 0 bridgehead atoms. The van der Waals surface area contributed by atoms with Crippen LogP contribution in [0.5, 0.6) is 0 Å². The fourth-order valence-corrected chi connectivity index (χ4v) is 4.68. The molecule has 0 saturated heterocycles. The first-order chi connectivity index (χ1) is 15.8. The van der Waals surface area contributed by atoms with Crippen molar-refractivity contribution in [1.82, 2.24) is 4.57 Å². The second-order valence-corrected chi connectivity index (χ2v) is 8.63. The lowest BCUT2D eigenvalue weighted by Crippen LogP contribution is -2.39. The van der Waals surface area contributed by atoms with Crippen molar-refractivity contribution in [3.05, 3.63) is 114 Å². The summed E-state index contributed by atoms with van der Waals surface area (Å²) in [6.07, 6.45) is 2.78. The van der Waals surface area contributed by atoms with Gasteiger partial charge in [-0.1, -0.05) is 47.7 Å². The lowest BCUT2D eigenvalue weighted by Gasteiger charge is -2.24. The van der Waals surface area contributed by atoms with E-state index in [1.165, 1.54) is 22.8 Å². The third-order valence-corrected chi connectivity index (χ3v) is 6.24. The van der Waals surface area contributed by atoms with Crippen LogP contribution in [0.2, 0.25) is 5.02 Å². The maximum absolute atomic E-state index is 14.2. The smallest absolute Gasteiger partial charge is 0.338 e. The van der Waals surface area contributed by atoms with Crippen LogP contribution in [-0.4, -0.2) is 17.1 Å². The summed E-state index contributed by atoms with van der Waals surface area (Å²) in [5.41, 5.74) is 0.811. The molecule has 0 N–H and O–H groups in total. The van der Waals surface area contributed by atoms with E-state index in [1.807, 2.05) is 0 Å². The largest absolute Gasteiger partial charge is 0.458 e. The average molecular weight is 487 g/mol. The minimum atomic E-state index is -0.823. The van der Waals surface area contributed by atoms with Crippen LogP contribution in [0.4, 0.5) is 8.78 Å². The monoisotopic (exact) mass is 486 g/mol. The molecule has 2 aromatic carbocycles. The number of esters is 1. The molecule has 3 aromatic rings. The summed E-state index contributed by atoms with van der Waals surface area (Å²) in [5, 5.41) is 0.495. The number of hydrogen-bond acceptors (Lipinski definition) is 5. The van der Waals surface area contributed by atoms with Crippen molar-refractivity contribution in [3.63, 3.8) is 0 Å². The maximum Gasteiger partial charge on any atom is 0.338 e. The summed E-state index contributed by atoms with van der Waals surface area (Å²) in [4.78, 5) is 31.1. The van der Waals surface area contributed by atoms with Crippen LogP contribution in [0.15, 0.2) is 76.2 Å². The van der Waals surface area contributed by atoms with E-state index in [4.69, 9.17) is 16.3 Å². The highest BCUT2D eigenvalue weighted by Crippen LogP contribution is 2.31. The number of allylic oxidation sites excluding steroid dienone is 1. The lowest BCUT2D eigenvalue weighted by molar-refractivity contribution is -0.138. The standard InChI is InChI=1S/C24H17ClF2N2O3S/c1-3-10-32-23(31)20-13(2)28-24-29(21(20)14-4-7-16(25)8-5-14)22(30)19(33-24)11-15-6-9-17(26)12-18(15)27/h3-9,11-12,21H,1,10H2,2H3. The lowest BCUT2D eigenvalue weighted by atomic mass is 9.96. The van der Waals surface area contributed by atoms with Crippen molar-refractivity contribution >= 4 is 35.0 Å². The van der Waals surface area contributed by atoms with Gasteiger partial charge in [-0.15, -0.1) is 0 Å². The van der Waals surface area contributed by atoms with Gasteiger partial charge in [0.15, 0.2) is 4.80 Å². The Hall–Kier alpha value is -3.36. The Bertz CT molecular complexity index is 1470. The van der Waals surface area contributed by atoms with Crippen LogP contribution >= 0.6 is 22.9 Å². The van der Waals surface area contributed by atoms with Gasteiger partial charge >= 0.3 is 5.97 Å². The van der Waals surface area contributed by atoms with Crippen molar-refractivity contribution < 1.29 is 18.3 Å². The van der Waals surface area contributed by atoms with Gasteiger partial charge in [0, 0.05) is 16.7 Å². The van der Waals surface area contributed by atoms with E-state index < -0.39 is 29.2 Å². The molecule has 9 heteroatoms. The predicted molar refractivity (Wildman–Crippen MR) is 123 cm³/mol. The number of thiazole rings is 1. The topological polar surface area (TPSA) is 60.7 Å². The van der Waals surface area contributed by atoms with Crippen LogP contribution in [-0.2, 0) is 9.53 Å². The molecule has 4 rings (SSSR count). The summed E-state index contributed by atoms with van der Waals surface area (Å²) < 4.78 is 34.3. The van der Waals surface area contributed by atoms with E-state index in [0.717, 1.165) is 23.5 Å². The Kier molecular flexibility index (Phi) is 6.40. The van der Waals surface area contributed by atoms with Gasteiger partial charge in [0.2, 0.25) is 0 Å². The zero-order valence-electron chi connectivity index (χ0n) is 17.3. The first kappa shape index (κ1) is 22.8. The molecule has 0 aliphatic carbocycles. The Morgan fingerprint density at radius 3 is 2.67 bits per heavy atom. The molecule has 1 aliphatic heterocycles. The third kappa shape index (κ3) is 4.44. The normalized spacial score (nSPS) is 15.8. The zero-order valence-corrected chi connectivity index (χ0v) is 18.9. The summed E-state index contributed by atoms with van der Waals surface area (Å²) in [6, 6.07) is 9.02. The average Bonchev–Trinajstić information content (AvgIpc) is 3.08. The van der Waals surface area contributed by atoms with Crippen LogP contribution in [0.1, 0.15) is 24.1 Å². The number of hydrogen-bond donors (Lipinski definition) is 0. The summed E-state index contributed by atoms with van der Waals surface area (Å²) in [5.74, 6) is -2.14. The van der Waals surface area contributed by atoms with E-state index in [1.54, 1.807) is 31.2 Å². The molecule has 1 atom stereocenters. The second-order valence-electron chi connectivity index (χ2n) is 7.19. The zero-order chi connectivity index (χ0) is 23.7. The highest BCUT2D eigenvalue weighted by atomic mass is 35.5. The van der Waals surface area contributed by atoms with E-state index >= 15 is 0 Å². The minimum absolute atomic E-state index is 0.00276. The van der Waals surface area contributed by atoms with Crippen LogP contribution in [0.3, 0.4) is 0 Å². The molecule has 1 aliphatic rings. The summed E-state index contributed by atoms with van der Waals surface area (Å²) in [6.45, 7) is 5.20. The van der Waals surface area contributed by atoms with Crippen LogP contribution in [0.25, 0.3) is 6.08 Å². The van der Waals surface area contributed by atoms with Crippen molar-refractivity contribution in [2.75, 3.05) is 6.61 Å². The molecule has 1 aromatic heterocycles. The van der Waals surface area contributed by atoms with Crippen molar-refractivity contribution in [3.8, 4) is 0 Å². The molecule has 5 nitrogen and oxygen atoms in total. The Labute approximate surface area is 196 Å². The molecular weight excluding hydrogens is 470 g/mol. The molecule has 0 fully saturated rings. The minimum Gasteiger partial charge on any atom is -0.458 e. The predicted octanol–water partition coefficient (Wildman–Crippen LogP) is 3.90. The highest BCUT2D eigenvalue weighted by Gasteiger charge is 2.33. The van der Waals surface area contributed by atoms with Crippen molar-refractivity contribution in [2.45, 2.75) is 13.0 Å². The van der Waals surface area contributed by atoms with Gasteiger partial charge in [-0.2, -0.15) is 0 Å². The number of benzene rings is 2. The van der Waals surface area contributed by atoms with Gasteiger partial charge in [0.1, 0.15) is 18.2 Å². The van der Waals surface area contributed by atoms with Gasteiger partial charge in [0.25, 0.3) is 5.56 Å². The van der Waals surface area contributed by atoms with Crippen LogP contribution < -0.4 is 14.9 Å². The van der Waals surface area contributed by atoms with Gasteiger partial charge in [0.05, 0.1) is 21.8 Å². The molecule has 1 unspecified atom stereocenters. The fourth-order valence-electron chi connectivity index (χ4n) is 3.52. The molecule has 0 saturated carbocycles. The number of nitrogens with zero attached hydrogens (tertiary/aromatic N) is 2. The first-order valence-corrected chi connectivity index (χ1v) is 11.0. The second kappa shape index (κ2) is 9.25. The molecule has 0 amide bonds. The quantitative estimate of drug-likeness (QED) is 0.406. The Morgan fingerprint density at radius 1 is 1.27 bits per heavy atom. The molecular formula is C24H17ClF2N2O3S. The molecule has 2 heterocycles. The Morgan fingerprint density at radius 2 is 2.00 bits per heavy atom. The highest BCUT2D eigenvalue weighted by molar-refractivity contribution is 7.07. The first-order valence-electron chi connectivity index (χ1n) is 9.81. The number of fused-ring (bicyclic) bond motifs is 1. The number of carbonyl (C=O) groups is 1. The number of rotatable bonds is 5. The number of ether oxygens (including phenoxy) is 1. The molecule has 0 radical (unpaired) electrons. The Balaban J connectivity index is 1.94. The number of aromatic nitrogens is 1. The van der Waals surface area contributed by atoms with Gasteiger partial charge in [-0.25, -0.2) is 18.6 Å². The van der Waals surface area contributed by atoms with E-state index in [9.17, 15) is 18.4 Å². The van der Waals surface area contributed by atoms with Gasteiger partial charge in [-0.3, -0.25) is 9.36 Å². The van der Waals surface area contributed by atoms with Gasteiger partial charge in [-0.05, 0) is 42.8 Å². The number of carbonyl (C=O) groups excluding carboxylic acids is 1. The van der Waals surface area contributed by atoms with E-state index in [0.29, 0.717) is 21.1 Å². The number of halogens is 3. The molecule has 168 valence electrons. The van der Waals surface area contributed by atoms with E-state index in [2.05, 4.69) is 11.6 Å². The third-order valence-electron chi connectivity index (χ3n) is 5.01. The molecule has 33 heavy (non-hydrogen) atoms. The summed E-state index contributed by atoms with van der Waals surface area (Å²) in [7, 11) is 0. The van der Waals surface area contributed by atoms with Crippen LogP contribution in [0, 0.1) is 11.6 Å². The fraction of sp³-hybridized carbons (Fsp3) is 0.125. The summed E-state index contributed by atoms with van der Waals surface area (Å²) >= 11 is 7.08. The van der Waals surface area contributed by atoms with Crippen molar-refractivity contribution in [1.29, 1.82) is 0 Å². The van der Waals surface area contributed by atoms with Crippen molar-refractivity contribution in [2.24, 2.45) is 4.99 Å². The SMILES string of the molecule is C=CCOC(=O)C1=C(C)N=c2sc(=Cc3ccc(F)cc3F)c(=O)n2C1c1ccc(Cl)cc1. The van der Waals surface area contributed by atoms with Gasteiger partial charge < -0.3 is 4.74 Å².